The Balaban J connectivity index is 2.44. The van der Waals surface area contributed by atoms with Gasteiger partial charge in [0.15, 0.2) is 0 Å². The first-order valence-electron chi connectivity index (χ1n) is 5.93. The van der Waals surface area contributed by atoms with Crippen LogP contribution in [0.5, 0.6) is 0 Å². The van der Waals surface area contributed by atoms with Gasteiger partial charge in [0, 0.05) is 12.1 Å². The average molecular weight is 252 g/mol. The smallest absolute Gasteiger partial charge is 0.330 e. The molecule has 0 heterocycles. The topological polar surface area (TPSA) is 32.3 Å². The number of carbonyl (C=O) groups is 1. The molecule has 17 heavy (non-hydrogen) atoms. The van der Waals surface area contributed by atoms with Gasteiger partial charge in [-0.15, -0.1) is 0 Å². The first-order valence-corrected chi connectivity index (χ1v) is 5.93. The summed E-state index contributed by atoms with van der Waals surface area (Å²) < 4.78 is 36.9. The van der Waals surface area contributed by atoms with Gasteiger partial charge in [0.25, 0.3) is 0 Å². The maximum absolute atomic E-state index is 12.3. The fraction of sp³-hybridized carbons (Fsp3) is 0.909. The van der Waals surface area contributed by atoms with E-state index in [9.17, 15) is 18.0 Å². The van der Waals surface area contributed by atoms with E-state index in [0.717, 1.165) is 11.3 Å². The number of carbonyl (C=O) groups excluding carboxylic acids is 1. The Bertz CT molecular complexity index is 264. The van der Waals surface area contributed by atoms with E-state index in [2.05, 4.69) is 5.32 Å². The Morgan fingerprint density at radius 1 is 1.47 bits per heavy atom. The van der Waals surface area contributed by atoms with E-state index < -0.39 is 18.6 Å². The molecule has 1 N–H and O–H groups in total. The lowest BCUT2D eigenvalue weighted by molar-refractivity contribution is -0.161. The molecule has 1 saturated carbocycles. The normalized spacial score (nSPS) is 17.9. The summed E-state index contributed by atoms with van der Waals surface area (Å²) in [7, 11) is 0. The highest BCUT2D eigenvalue weighted by atomic mass is 19.4. The lowest BCUT2D eigenvalue weighted by Gasteiger charge is -2.24. The molecule has 1 rings (SSSR count). The highest BCUT2D eigenvalue weighted by molar-refractivity contribution is 5.79. The fourth-order valence-electron chi connectivity index (χ4n) is 1.51. The number of alkyl halides is 3. The van der Waals surface area contributed by atoms with Crippen LogP contribution in [-0.2, 0) is 4.79 Å². The van der Waals surface area contributed by atoms with Gasteiger partial charge in [0.05, 0.1) is 6.54 Å². The van der Waals surface area contributed by atoms with Crippen LogP contribution in [0, 0.1) is 0 Å². The largest absolute Gasteiger partial charge is 0.406 e. The van der Waals surface area contributed by atoms with Crippen molar-refractivity contribution in [1.82, 2.24) is 10.2 Å². The first-order chi connectivity index (χ1) is 7.83. The minimum absolute atomic E-state index is 0.0123. The second-order valence-corrected chi connectivity index (χ2v) is 4.56. The zero-order chi connectivity index (χ0) is 13.1. The van der Waals surface area contributed by atoms with Gasteiger partial charge in [-0.25, -0.2) is 0 Å². The van der Waals surface area contributed by atoms with Gasteiger partial charge in [-0.2, -0.15) is 13.2 Å². The molecule has 0 saturated heterocycles. The Morgan fingerprint density at radius 3 is 2.47 bits per heavy atom. The average Bonchev–Trinajstić information content (AvgIpc) is 3.04. The molecule has 0 bridgehead atoms. The van der Waals surface area contributed by atoms with Crippen LogP contribution in [0.4, 0.5) is 13.2 Å². The van der Waals surface area contributed by atoms with Crippen LogP contribution >= 0.6 is 0 Å². The van der Waals surface area contributed by atoms with Gasteiger partial charge in [0.1, 0.15) is 6.54 Å². The number of hydrogen-bond donors (Lipinski definition) is 1. The van der Waals surface area contributed by atoms with E-state index in [4.69, 9.17) is 0 Å². The van der Waals surface area contributed by atoms with Crippen molar-refractivity contribution >= 4 is 5.91 Å². The van der Waals surface area contributed by atoms with E-state index >= 15 is 0 Å². The van der Waals surface area contributed by atoms with Gasteiger partial charge in [-0.05, 0) is 26.2 Å². The van der Waals surface area contributed by atoms with E-state index in [1.165, 1.54) is 0 Å². The summed E-state index contributed by atoms with van der Waals surface area (Å²) in [5, 5.41) is 2.92. The first kappa shape index (κ1) is 14.3. The van der Waals surface area contributed by atoms with Crippen LogP contribution in [0.25, 0.3) is 0 Å². The highest BCUT2D eigenvalue weighted by Crippen LogP contribution is 2.30. The number of halogens is 3. The summed E-state index contributed by atoms with van der Waals surface area (Å²) >= 11 is 0. The standard InChI is InChI=1S/C11H19F3N2O/c1-3-8(2)15-6-10(17)16(9-4-5-9)7-11(12,13)14/h8-9,15H,3-7H2,1-2H3. The quantitative estimate of drug-likeness (QED) is 0.783. The Labute approximate surface area is 99.4 Å². The summed E-state index contributed by atoms with van der Waals surface area (Å²) in [4.78, 5) is 12.6. The van der Waals surface area contributed by atoms with Crippen molar-refractivity contribution in [2.75, 3.05) is 13.1 Å². The molecular formula is C11H19F3N2O. The van der Waals surface area contributed by atoms with Crippen LogP contribution in [0.15, 0.2) is 0 Å². The molecule has 0 radical (unpaired) electrons. The van der Waals surface area contributed by atoms with Crippen molar-refractivity contribution in [2.24, 2.45) is 0 Å². The Morgan fingerprint density at radius 2 is 2.06 bits per heavy atom. The van der Waals surface area contributed by atoms with Gasteiger partial charge in [-0.3, -0.25) is 4.79 Å². The number of nitrogens with one attached hydrogen (secondary N) is 1. The predicted molar refractivity (Wildman–Crippen MR) is 58.5 cm³/mol. The Kier molecular flexibility index (Phi) is 4.80. The number of nitrogens with zero attached hydrogens (tertiary/aromatic N) is 1. The summed E-state index contributed by atoms with van der Waals surface area (Å²) in [5.41, 5.74) is 0. The van der Waals surface area contributed by atoms with E-state index in [1.54, 1.807) is 0 Å². The lowest BCUT2D eigenvalue weighted by Crippen LogP contribution is -2.45. The molecule has 1 amide bonds. The summed E-state index contributed by atoms with van der Waals surface area (Å²) in [6, 6.07) is -0.0613. The molecule has 0 aromatic carbocycles. The van der Waals surface area contributed by atoms with E-state index in [0.29, 0.717) is 12.8 Å². The van der Waals surface area contributed by atoms with E-state index in [1.807, 2.05) is 13.8 Å². The maximum Gasteiger partial charge on any atom is 0.406 e. The summed E-state index contributed by atoms with van der Waals surface area (Å²) in [6.07, 6.45) is -2.10. The molecule has 6 heteroatoms. The molecule has 0 aromatic rings. The third-order valence-corrected chi connectivity index (χ3v) is 2.87. The highest BCUT2D eigenvalue weighted by Gasteiger charge is 2.40. The van der Waals surface area contributed by atoms with Crippen molar-refractivity contribution in [3.8, 4) is 0 Å². The van der Waals surface area contributed by atoms with Gasteiger partial charge in [0.2, 0.25) is 5.91 Å². The molecule has 3 nitrogen and oxygen atoms in total. The maximum atomic E-state index is 12.3. The lowest BCUT2D eigenvalue weighted by atomic mass is 10.2. The molecule has 1 fully saturated rings. The van der Waals surface area contributed by atoms with Crippen LogP contribution in [0.2, 0.25) is 0 Å². The Hall–Kier alpha value is -0.780. The molecule has 1 aliphatic carbocycles. The van der Waals surface area contributed by atoms with Gasteiger partial charge >= 0.3 is 6.18 Å². The predicted octanol–water partition coefficient (Wildman–Crippen LogP) is 1.93. The summed E-state index contributed by atoms with van der Waals surface area (Å²) in [6.45, 7) is 2.72. The van der Waals surface area contributed by atoms with Crippen molar-refractivity contribution in [2.45, 2.75) is 51.4 Å². The molecule has 0 aliphatic heterocycles. The zero-order valence-corrected chi connectivity index (χ0v) is 10.2. The van der Waals surface area contributed by atoms with Gasteiger partial charge < -0.3 is 10.2 Å². The molecule has 1 unspecified atom stereocenters. The second kappa shape index (κ2) is 5.71. The molecule has 0 aromatic heterocycles. The van der Waals surface area contributed by atoms with Crippen LogP contribution < -0.4 is 5.32 Å². The summed E-state index contributed by atoms with van der Waals surface area (Å²) in [5.74, 6) is -0.454. The van der Waals surface area contributed by atoms with Crippen molar-refractivity contribution in [3.63, 3.8) is 0 Å². The third kappa shape index (κ3) is 5.39. The monoisotopic (exact) mass is 252 g/mol. The molecular weight excluding hydrogens is 233 g/mol. The van der Waals surface area contributed by atoms with E-state index in [-0.39, 0.29) is 18.6 Å². The second-order valence-electron chi connectivity index (χ2n) is 4.56. The third-order valence-electron chi connectivity index (χ3n) is 2.87. The molecule has 0 spiro atoms. The minimum Gasteiger partial charge on any atom is -0.330 e. The van der Waals surface area contributed by atoms with Crippen LogP contribution in [-0.4, -0.2) is 42.2 Å². The van der Waals surface area contributed by atoms with Crippen LogP contribution in [0.3, 0.4) is 0 Å². The number of hydrogen-bond acceptors (Lipinski definition) is 2. The van der Waals surface area contributed by atoms with Crippen LogP contribution in [0.1, 0.15) is 33.1 Å². The molecule has 1 aliphatic rings. The fourth-order valence-corrected chi connectivity index (χ4v) is 1.51. The van der Waals surface area contributed by atoms with Crippen molar-refractivity contribution < 1.29 is 18.0 Å². The van der Waals surface area contributed by atoms with Gasteiger partial charge in [-0.1, -0.05) is 6.92 Å². The van der Waals surface area contributed by atoms with Crippen molar-refractivity contribution in [1.29, 1.82) is 0 Å². The SMILES string of the molecule is CCC(C)NCC(=O)N(CC(F)(F)F)C1CC1. The molecule has 100 valence electrons. The number of amides is 1. The molecule has 1 atom stereocenters. The van der Waals surface area contributed by atoms with Crippen molar-refractivity contribution in [3.05, 3.63) is 0 Å². The number of rotatable bonds is 6. The minimum atomic E-state index is -4.31. The zero-order valence-electron chi connectivity index (χ0n) is 10.2.